The highest BCUT2D eigenvalue weighted by atomic mass is 32.2. The number of amides is 1. The van der Waals surface area contributed by atoms with E-state index in [-0.39, 0.29) is 17.5 Å². The number of rotatable bonds is 8. The summed E-state index contributed by atoms with van der Waals surface area (Å²) in [5, 5.41) is 9.08. The van der Waals surface area contributed by atoms with Crippen molar-refractivity contribution in [2.45, 2.75) is 18.6 Å². The van der Waals surface area contributed by atoms with E-state index < -0.39 is 0 Å². The standard InChI is InChI=1S/C26H25FN4O2S/c1-18-12-14-20(15-13-18)31-25(21-9-5-6-10-22(21)27)28-29-26(31)34-17-24(32)30(2)16-19-8-4-7-11-23(19)33-3/h4-15H,16-17H2,1-3H3. The van der Waals surface area contributed by atoms with Gasteiger partial charge >= 0.3 is 0 Å². The summed E-state index contributed by atoms with van der Waals surface area (Å²) in [7, 11) is 3.37. The first-order valence-corrected chi connectivity index (χ1v) is 11.7. The molecule has 6 nitrogen and oxygen atoms in total. The number of methoxy groups -OCH3 is 1. The van der Waals surface area contributed by atoms with E-state index in [0.717, 1.165) is 22.6 Å². The molecule has 0 saturated heterocycles. The van der Waals surface area contributed by atoms with Crippen LogP contribution in [0.5, 0.6) is 5.75 Å². The van der Waals surface area contributed by atoms with Crippen molar-refractivity contribution in [1.82, 2.24) is 19.7 Å². The second kappa shape index (κ2) is 10.5. The molecule has 0 aliphatic heterocycles. The van der Waals surface area contributed by atoms with E-state index in [1.54, 1.807) is 41.8 Å². The maximum atomic E-state index is 14.6. The fourth-order valence-corrected chi connectivity index (χ4v) is 4.41. The summed E-state index contributed by atoms with van der Waals surface area (Å²) in [6.07, 6.45) is 0. The van der Waals surface area contributed by atoms with Crippen molar-refractivity contribution >= 4 is 17.7 Å². The Morgan fingerprint density at radius 1 is 1.03 bits per heavy atom. The van der Waals surface area contributed by atoms with Gasteiger partial charge in [0.25, 0.3) is 0 Å². The van der Waals surface area contributed by atoms with E-state index in [4.69, 9.17) is 4.74 Å². The monoisotopic (exact) mass is 476 g/mol. The Bertz CT molecular complexity index is 1290. The maximum Gasteiger partial charge on any atom is 0.233 e. The molecule has 34 heavy (non-hydrogen) atoms. The Kier molecular flexibility index (Phi) is 7.27. The lowest BCUT2D eigenvalue weighted by Crippen LogP contribution is -2.28. The average molecular weight is 477 g/mol. The first kappa shape index (κ1) is 23.5. The number of halogens is 1. The molecule has 1 amide bonds. The van der Waals surface area contributed by atoms with Crippen molar-refractivity contribution in [3.63, 3.8) is 0 Å². The van der Waals surface area contributed by atoms with Crippen LogP contribution in [0.15, 0.2) is 78.0 Å². The van der Waals surface area contributed by atoms with Gasteiger partial charge < -0.3 is 9.64 Å². The van der Waals surface area contributed by atoms with Gasteiger partial charge in [0.1, 0.15) is 11.6 Å². The number of benzene rings is 3. The van der Waals surface area contributed by atoms with Gasteiger partial charge in [0.15, 0.2) is 11.0 Å². The molecule has 4 aromatic rings. The van der Waals surface area contributed by atoms with E-state index in [9.17, 15) is 9.18 Å². The first-order chi connectivity index (χ1) is 16.5. The summed E-state index contributed by atoms with van der Waals surface area (Å²) >= 11 is 1.27. The van der Waals surface area contributed by atoms with Gasteiger partial charge in [0.05, 0.1) is 18.4 Å². The number of para-hydroxylation sites is 1. The molecule has 0 spiro atoms. The molecule has 4 rings (SSSR count). The van der Waals surface area contributed by atoms with Crippen molar-refractivity contribution < 1.29 is 13.9 Å². The molecule has 174 valence electrons. The van der Waals surface area contributed by atoms with Crippen LogP contribution in [0.2, 0.25) is 0 Å². The van der Waals surface area contributed by atoms with Gasteiger partial charge in [-0.3, -0.25) is 9.36 Å². The van der Waals surface area contributed by atoms with Crippen LogP contribution in [0.25, 0.3) is 17.1 Å². The van der Waals surface area contributed by atoms with Gasteiger partial charge in [-0.25, -0.2) is 4.39 Å². The second-order valence-corrected chi connectivity index (χ2v) is 8.75. The Labute approximate surface area is 202 Å². The minimum absolute atomic E-state index is 0.0678. The fourth-order valence-electron chi connectivity index (χ4n) is 3.52. The number of ether oxygens (including phenoxy) is 1. The van der Waals surface area contributed by atoms with Crippen molar-refractivity contribution in [2.75, 3.05) is 19.9 Å². The summed E-state index contributed by atoms with van der Waals surface area (Å²) in [6, 6.07) is 21.9. The first-order valence-electron chi connectivity index (χ1n) is 10.7. The summed E-state index contributed by atoms with van der Waals surface area (Å²) in [4.78, 5) is 14.5. The Morgan fingerprint density at radius 3 is 2.47 bits per heavy atom. The molecule has 0 bridgehead atoms. The smallest absolute Gasteiger partial charge is 0.233 e. The van der Waals surface area contributed by atoms with Crippen LogP contribution in [0.1, 0.15) is 11.1 Å². The highest BCUT2D eigenvalue weighted by Gasteiger charge is 2.20. The van der Waals surface area contributed by atoms with Crippen LogP contribution in [-0.4, -0.2) is 45.5 Å². The third-order valence-electron chi connectivity index (χ3n) is 5.39. The van der Waals surface area contributed by atoms with Gasteiger partial charge in [-0.05, 0) is 37.3 Å². The number of carbonyl (C=O) groups is 1. The highest BCUT2D eigenvalue weighted by molar-refractivity contribution is 7.99. The van der Waals surface area contributed by atoms with E-state index in [2.05, 4.69) is 10.2 Å². The zero-order valence-corrected chi connectivity index (χ0v) is 20.1. The van der Waals surface area contributed by atoms with Crippen LogP contribution in [0, 0.1) is 12.7 Å². The van der Waals surface area contributed by atoms with Crippen molar-refractivity contribution in [1.29, 1.82) is 0 Å². The van der Waals surface area contributed by atoms with Gasteiger partial charge in [0, 0.05) is 24.8 Å². The van der Waals surface area contributed by atoms with E-state index in [1.807, 2.05) is 55.5 Å². The molecule has 0 aliphatic rings. The maximum absolute atomic E-state index is 14.6. The lowest BCUT2D eigenvalue weighted by Gasteiger charge is -2.18. The predicted molar refractivity (Wildman–Crippen MR) is 132 cm³/mol. The molecule has 0 N–H and O–H groups in total. The molecule has 1 heterocycles. The lowest BCUT2D eigenvalue weighted by molar-refractivity contribution is -0.127. The molecule has 3 aromatic carbocycles. The lowest BCUT2D eigenvalue weighted by atomic mass is 10.2. The van der Waals surface area contributed by atoms with Crippen LogP contribution < -0.4 is 4.74 Å². The zero-order chi connectivity index (χ0) is 24.1. The van der Waals surface area contributed by atoms with Crippen molar-refractivity contribution in [3.05, 3.63) is 89.7 Å². The number of nitrogens with zero attached hydrogens (tertiary/aromatic N) is 4. The van der Waals surface area contributed by atoms with E-state index in [1.165, 1.54) is 17.8 Å². The van der Waals surface area contributed by atoms with E-state index >= 15 is 0 Å². The fraction of sp³-hybridized carbons (Fsp3) is 0.192. The molecule has 0 fully saturated rings. The Balaban J connectivity index is 1.57. The number of thioether (sulfide) groups is 1. The molecule has 1 aromatic heterocycles. The molecular formula is C26H25FN4O2S. The quantitative estimate of drug-likeness (QED) is 0.330. The van der Waals surface area contributed by atoms with Crippen LogP contribution in [0.3, 0.4) is 0 Å². The van der Waals surface area contributed by atoms with Gasteiger partial charge in [-0.2, -0.15) is 0 Å². The summed E-state index contributed by atoms with van der Waals surface area (Å²) < 4.78 is 21.7. The minimum Gasteiger partial charge on any atom is -0.496 e. The average Bonchev–Trinajstić information content (AvgIpc) is 3.27. The Morgan fingerprint density at radius 2 is 1.74 bits per heavy atom. The molecular weight excluding hydrogens is 451 g/mol. The molecule has 8 heteroatoms. The largest absolute Gasteiger partial charge is 0.496 e. The summed E-state index contributed by atoms with van der Waals surface area (Å²) in [5.74, 6) is 0.837. The number of hydrogen-bond donors (Lipinski definition) is 0. The normalized spacial score (nSPS) is 10.8. The van der Waals surface area contributed by atoms with Crippen LogP contribution >= 0.6 is 11.8 Å². The van der Waals surface area contributed by atoms with Gasteiger partial charge in [-0.1, -0.05) is 59.8 Å². The molecule has 0 radical (unpaired) electrons. The third-order valence-corrected chi connectivity index (χ3v) is 6.30. The molecule has 0 aliphatic carbocycles. The number of aryl methyl sites for hydroxylation is 1. The summed E-state index contributed by atoms with van der Waals surface area (Å²) in [5.41, 5.74) is 3.18. The summed E-state index contributed by atoms with van der Waals surface area (Å²) in [6.45, 7) is 2.42. The third kappa shape index (κ3) is 5.12. The molecule has 0 atom stereocenters. The number of aromatic nitrogens is 3. The molecule has 0 saturated carbocycles. The van der Waals surface area contributed by atoms with Crippen molar-refractivity contribution in [2.24, 2.45) is 0 Å². The number of hydrogen-bond acceptors (Lipinski definition) is 5. The van der Waals surface area contributed by atoms with Gasteiger partial charge in [-0.15, -0.1) is 10.2 Å². The zero-order valence-electron chi connectivity index (χ0n) is 19.2. The minimum atomic E-state index is -0.382. The topological polar surface area (TPSA) is 60.2 Å². The van der Waals surface area contributed by atoms with Crippen LogP contribution in [-0.2, 0) is 11.3 Å². The SMILES string of the molecule is COc1ccccc1CN(C)C(=O)CSc1nnc(-c2ccccc2F)n1-c1ccc(C)cc1. The number of carbonyl (C=O) groups excluding carboxylic acids is 1. The van der Waals surface area contributed by atoms with Crippen molar-refractivity contribution in [3.8, 4) is 22.8 Å². The Hall–Kier alpha value is -3.65. The predicted octanol–water partition coefficient (Wildman–Crippen LogP) is 5.14. The van der Waals surface area contributed by atoms with E-state index in [0.29, 0.717) is 23.1 Å². The highest BCUT2D eigenvalue weighted by Crippen LogP contribution is 2.30. The van der Waals surface area contributed by atoms with Gasteiger partial charge in [0.2, 0.25) is 5.91 Å². The van der Waals surface area contributed by atoms with Crippen LogP contribution in [0.4, 0.5) is 4.39 Å². The second-order valence-electron chi connectivity index (χ2n) is 7.81. The molecule has 0 unspecified atom stereocenters.